The van der Waals surface area contributed by atoms with Crippen molar-refractivity contribution in [3.05, 3.63) is 133 Å². The Bertz CT molecular complexity index is 1740. The van der Waals surface area contributed by atoms with Gasteiger partial charge >= 0.3 is 0 Å². The molecule has 0 fully saturated rings. The first-order valence-electron chi connectivity index (χ1n) is 18.1. The first kappa shape index (κ1) is 51.5. The second kappa shape index (κ2) is 23.2. The van der Waals surface area contributed by atoms with Crippen molar-refractivity contribution in [3.8, 4) is 0 Å². The Morgan fingerprint density at radius 1 is 0.241 bits per heavy atom. The standard InChI is InChI=1S/C42H58N12.4ClH/c1-47(31-15-11-9-12-16-31)39(43)49(3)33-19-23-35(24-20-33)51(5)41(45)53(7)37-27-29-38(30-28-37)54(8)42(46)52(6)36-25-21-34(22-26-36)50(4)40(44)48(2)32-17-13-10-14-18-32;;;;/h9-30,39-42H,43-46H2,1-8H3;4*1H. The summed E-state index contributed by atoms with van der Waals surface area (Å²) in [5, 5.41) is 0. The molecule has 0 aliphatic heterocycles. The van der Waals surface area contributed by atoms with E-state index >= 15 is 0 Å². The fourth-order valence-corrected chi connectivity index (χ4v) is 6.36. The van der Waals surface area contributed by atoms with Crippen LogP contribution in [0.15, 0.2) is 133 Å². The molecule has 0 saturated heterocycles. The smallest absolute Gasteiger partial charge is 0.154 e. The summed E-state index contributed by atoms with van der Waals surface area (Å²) in [4.78, 5) is 16.4. The molecule has 58 heavy (non-hydrogen) atoms. The van der Waals surface area contributed by atoms with E-state index in [4.69, 9.17) is 22.9 Å². The number of nitrogens with zero attached hydrogens (tertiary/aromatic N) is 8. The van der Waals surface area contributed by atoms with E-state index in [9.17, 15) is 0 Å². The molecule has 5 aromatic carbocycles. The van der Waals surface area contributed by atoms with Crippen LogP contribution in [0.4, 0.5) is 45.5 Å². The van der Waals surface area contributed by atoms with Gasteiger partial charge in [0.25, 0.3) is 0 Å². The van der Waals surface area contributed by atoms with Gasteiger partial charge in [0.1, 0.15) is 0 Å². The molecular formula is C42H62Cl4N12. The molecule has 0 saturated carbocycles. The van der Waals surface area contributed by atoms with Crippen molar-refractivity contribution >= 4 is 95.1 Å². The average molecular weight is 877 g/mol. The van der Waals surface area contributed by atoms with Gasteiger partial charge in [-0.2, -0.15) is 0 Å². The van der Waals surface area contributed by atoms with Gasteiger partial charge < -0.3 is 39.2 Å². The van der Waals surface area contributed by atoms with E-state index in [1.54, 1.807) is 0 Å². The van der Waals surface area contributed by atoms with Gasteiger partial charge in [0.05, 0.1) is 0 Å². The molecule has 318 valence electrons. The predicted octanol–water partition coefficient (Wildman–Crippen LogP) is 6.63. The SMILES string of the molecule is CN(c1ccccc1)C(N)N(C)c1ccc(N(C)C(N)N(C)c2ccc(N(C)C(N)N(C)c3ccc(N(C)C(N)N(C)c4ccccc4)cc3)cc2)cc1.Cl.Cl.Cl.Cl. The molecule has 0 aromatic heterocycles. The number of halogens is 4. The molecule has 4 atom stereocenters. The first-order valence-corrected chi connectivity index (χ1v) is 18.1. The summed E-state index contributed by atoms with van der Waals surface area (Å²) in [5.41, 5.74) is 34.8. The summed E-state index contributed by atoms with van der Waals surface area (Å²) >= 11 is 0. The minimum absolute atomic E-state index is 0. The van der Waals surface area contributed by atoms with Gasteiger partial charge in [0, 0.05) is 102 Å². The molecule has 4 unspecified atom stereocenters. The number of anilines is 8. The third-order valence-corrected chi connectivity index (χ3v) is 10.5. The van der Waals surface area contributed by atoms with Crippen molar-refractivity contribution in [2.75, 3.05) is 95.6 Å². The maximum Gasteiger partial charge on any atom is 0.154 e. The third-order valence-electron chi connectivity index (χ3n) is 10.5. The molecule has 5 aromatic rings. The largest absolute Gasteiger partial charge is 0.342 e. The van der Waals surface area contributed by atoms with Crippen LogP contribution in [0.5, 0.6) is 0 Å². The maximum atomic E-state index is 6.78. The Morgan fingerprint density at radius 2 is 0.362 bits per heavy atom. The Hall–Kier alpha value is -4.50. The van der Waals surface area contributed by atoms with Crippen LogP contribution in [-0.2, 0) is 0 Å². The van der Waals surface area contributed by atoms with Crippen LogP contribution in [0, 0.1) is 0 Å². The van der Waals surface area contributed by atoms with E-state index in [0.29, 0.717) is 0 Å². The van der Waals surface area contributed by atoms with E-state index in [0.717, 1.165) is 45.5 Å². The predicted molar refractivity (Wildman–Crippen MR) is 260 cm³/mol. The zero-order chi connectivity index (χ0) is 39.1. The highest BCUT2D eigenvalue weighted by atomic mass is 35.5. The van der Waals surface area contributed by atoms with Crippen molar-refractivity contribution in [3.63, 3.8) is 0 Å². The van der Waals surface area contributed by atoms with Crippen molar-refractivity contribution in [2.24, 2.45) is 22.9 Å². The highest BCUT2D eigenvalue weighted by Gasteiger charge is 2.22. The van der Waals surface area contributed by atoms with Crippen molar-refractivity contribution < 1.29 is 0 Å². The van der Waals surface area contributed by atoms with Crippen LogP contribution in [0.25, 0.3) is 0 Å². The first-order chi connectivity index (χ1) is 25.8. The average Bonchev–Trinajstić information content (AvgIpc) is 3.23. The number of nitrogens with two attached hydrogens (primary N) is 4. The summed E-state index contributed by atoms with van der Waals surface area (Å²) in [6, 6.07) is 45.0. The lowest BCUT2D eigenvalue weighted by Gasteiger charge is -2.37. The van der Waals surface area contributed by atoms with Gasteiger partial charge in [-0.05, 0) is 97.1 Å². The van der Waals surface area contributed by atoms with E-state index < -0.39 is 12.6 Å². The molecule has 0 aliphatic carbocycles. The number of benzene rings is 5. The van der Waals surface area contributed by atoms with Crippen LogP contribution in [0.3, 0.4) is 0 Å². The second-order valence-corrected chi connectivity index (χ2v) is 13.8. The summed E-state index contributed by atoms with van der Waals surface area (Å²) in [5.74, 6) is 0. The van der Waals surface area contributed by atoms with Gasteiger partial charge in [-0.3, -0.25) is 22.9 Å². The summed E-state index contributed by atoms with van der Waals surface area (Å²) in [7, 11) is 16.0. The number of hydrogen-bond acceptors (Lipinski definition) is 12. The van der Waals surface area contributed by atoms with Crippen LogP contribution < -0.4 is 62.1 Å². The molecule has 16 heteroatoms. The minimum atomic E-state index is -0.410. The van der Waals surface area contributed by atoms with Crippen molar-refractivity contribution in [1.82, 2.24) is 0 Å². The molecule has 0 heterocycles. The topological polar surface area (TPSA) is 130 Å². The van der Waals surface area contributed by atoms with Gasteiger partial charge in [0.15, 0.2) is 25.2 Å². The Balaban J connectivity index is 0.00000420. The normalized spacial score (nSPS) is 12.3. The quantitative estimate of drug-likeness (QED) is 0.0795. The van der Waals surface area contributed by atoms with Gasteiger partial charge in [-0.1, -0.05) is 36.4 Å². The number of rotatable bonds is 16. The molecule has 12 nitrogen and oxygen atoms in total. The second-order valence-electron chi connectivity index (χ2n) is 13.8. The molecule has 0 aliphatic rings. The van der Waals surface area contributed by atoms with Crippen LogP contribution in [0.1, 0.15) is 0 Å². The number of para-hydroxylation sites is 2. The fraction of sp³-hybridized carbons (Fsp3) is 0.286. The van der Waals surface area contributed by atoms with Gasteiger partial charge in [-0.25, -0.2) is 0 Å². The van der Waals surface area contributed by atoms with E-state index in [1.807, 2.05) is 156 Å². The molecule has 0 spiro atoms. The van der Waals surface area contributed by atoms with Crippen LogP contribution >= 0.6 is 49.6 Å². The molecule has 0 radical (unpaired) electrons. The highest BCUT2D eigenvalue weighted by Crippen LogP contribution is 2.28. The van der Waals surface area contributed by atoms with Crippen molar-refractivity contribution in [2.45, 2.75) is 25.2 Å². The highest BCUT2D eigenvalue weighted by molar-refractivity contribution is 5.86. The lowest BCUT2D eigenvalue weighted by molar-refractivity contribution is 0.636. The van der Waals surface area contributed by atoms with Crippen LogP contribution in [-0.4, -0.2) is 81.5 Å². The summed E-state index contributed by atoms with van der Waals surface area (Å²) in [6.45, 7) is 0. The fourth-order valence-electron chi connectivity index (χ4n) is 6.36. The summed E-state index contributed by atoms with van der Waals surface area (Å²) in [6.07, 6.45) is -1.49. The Labute approximate surface area is 370 Å². The van der Waals surface area contributed by atoms with E-state index in [1.165, 1.54) is 0 Å². The lowest BCUT2D eigenvalue weighted by Crippen LogP contribution is -2.52. The van der Waals surface area contributed by atoms with Gasteiger partial charge in [0.2, 0.25) is 0 Å². The zero-order valence-electron chi connectivity index (χ0n) is 34.5. The van der Waals surface area contributed by atoms with E-state index in [-0.39, 0.29) is 62.2 Å². The Morgan fingerprint density at radius 3 is 0.500 bits per heavy atom. The third kappa shape index (κ3) is 11.8. The molecule has 8 N–H and O–H groups in total. The Kier molecular flexibility index (Phi) is 20.6. The monoisotopic (exact) mass is 874 g/mol. The van der Waals surface area contributed by atoms with Crippen molar-refractivity contribution in [1.29, 1.82) is 0 Å². The van der Waals surface area contributed by atoms with E-state index in [2.05, 4.69) is 72.8 Å². The molecule has 5 rings (SSSR count). The molecule has 0 amide bonds. The summed E-state index contributed by atoms with van der Waals surface area (Å²) < 4.78 is 0. The molecular weight excluding hydrogens is 814 g/mol. The van der Waals surface area contributed by atoms with Gasteiger partial charge in [-0.15, -0.1) is 49.6 Å². The lowest BCUT2D eigenvalue weighted by atomic mass is 10.2. The minimum Gasteiger partial charge on any atom is -0.342 e. The molecule has 0 bridgehead atoms. The van der Waals surface area contributed by atoms with Crippen LogP contribution in [0.2, 0.25) is 0 Å². The maximum absolute atomic E-state index is 6.78. The number of hydrogen-bond donors (Lipinski definition) is 4. The zero-order valence-corrected chi connectivity index (χ0v) is 37.8.